The van der Waals surface area contributed by atoms with Crippen molar-refractivity contribution < 1.29 is 23.1 Å². The second-order valence-corrected chi connectivity index (χ2v) is 5.95. The molecule has 0 bridgehead atoms. The zero-order valence-electron chi connectivity index (χ0n) is 12.6. The maximum absolute atomic E-state index is 13.6. The van der Waals surface area contributed by atoms with Crippen molar-refractivity contribution in [2.75, 3.05) is 25.0 Å². The molecular formula is C16H18F2N2O3. The van der Waals surface area contributed by atoms with Gasteiger partial charge in [-0.2, -0.15) is 0 Å². The summed E-state index contributed by atoms with van der Waals surface area (Å²) < 4.78 is 31.9. The van der Waals surface area contributed by atoms with E-state index in [4.69, 9.17) is 4.74 Å². The van der Waals surface area contributed by atoms with E-state index in [0.717, 1.165) is 18.9 Å². The van der Waals surface area contributed by atoms with Crippen LogP contribution in [-0.2, 0) is 14.3 Å². The molecule has 0 spiro atoms. The van der Waals surface area contributed by atoms with E-state index in [-0.39, 0.29) is 24.1 Å². The Bertz CT molecular complexity index is 617. The van der Waals surface area contributed by atoms with Gasteiger partial charge in [0.2, 0.25) is 11.8 Å². The van der Waals surface area contributed by atoms with Crippen LogP contribution in [0.2, 0.25) is 0 Å². The molecule has 0 saturated carbocycles. The number of halogens is 2. The molecule has 124 valence electrons. The minimum absolute atomic E-state index is 0.0373. The Kier molecular flexibility index (Phi) is 4.56. The maximum atomic E-state index is 13.6. The van der Waals surface area contributed by atoms with Gasteiger partial charge in [0.25, 0.3) is 0 Å². The first-order valence-corrected chi connectivity index (χ1v) is 7.68. The van der Waals surface area contributed by atoms with Crippen molar-refractivity contribution >= 4 is 17.5 Å². The van der Waals surface area contributed by atoms with Crippen LogP contribution in [0.4, 0.5) is 14.5 Å². The van der Waals surface area contributed by atoms with Crippen LogP contribution < -0.4 is 5.32 Å². The molecule has 1 N–H and O–H groups in total. The summed E-state index contributed by atoms with van der Waals surface area (Å²) in [6.07, 6.45) is 2.04. The highest BCUT2D eigenvalue weighted by molar-refractivity contribution is 5.97. The molecule has 2 aliphatic rings. The zero-order chi connectivity index (χ0) is 16.4. The van der Waals surface area contributed by atoms with E-state index >= 15 is 0 Å². The van der Waals surface area contributed by atoms with E-state index in [2.05, 4.69) is 5.32 Å². The third-order valence-corrected chi connectivity index (χ3v) is 4.22. The number of nitrogens with one attached hydrogen (secondary N) is 1. The van der Waals surface area contributed by atoms with Crippen LogP contribution in [0.1, 0.15) is 19.3 Å². The van der Waals surface area contributed by atoms with Crippen LogP contribution in [0.5, 0.6) is 0 Å². The molecule has 3 rings (SSSR count). The average Bonchev–Trinajstić information content (AvgIpc) is 3.13. The minimum Gasteiger partial charge on any atom is -0.376 e. The number of hydrogen-bond acceptors (Lipinski definition) is 3. The maximum Gasteiger partial charge on any atom is 0.229 e. The van der Waals surface area contributed by atoms with E-state index < -0.39 is 23.5 Å². The smallest absolute Gasteiger partial charge is 0.229 e. The largest absolute Gasteiger partial charge is 0.376 e. The van der Waals surface area contributed by atoms with E-state index in [1.54, 1.807) is 4.90 Å². The Morgan fingerprint density at radius 3 is 2.91 bits per heavy atom. The van der Waals surface area contributed by atoms with E-state index in [9.17, 15) is 18.4 Å². The summed E-state index contributed by atoms with van der Waals surface area (Å²) >= 11 is 0. The monoisotopic (exact) mass is 324 g/mol. The average molecular weight is 324 g/mol. The van der Waals surface area contributed by atoms with Crippen LogP contribution >= 0.6 is 0 Å². The van der Waals surface area contributed by atoms with Crippen molar-refractivity contribution in [2.24, 2.45) is 5.92 Å². The zero-order valence-corrected chi connectivity index (χ0v) is 12.6. The van der Waals surface area contributed by atoms with Crippen molar-refractivity contribution in [3.8, 4) is 0 Å². The van der Waals surface area contributed by atoms with Gasteiger partial charge in [-0.3, -0.25) is 9.59 Å². The molecule has 2 aliphatic heterocycles. The SMILES string of the molecule is O=C(Nc1ccc(F)cc1F)C1CC(=O)N(CC2CCCO2)C1. The van der Waals surface area contributed by atoms with Gasteiger partial charge in [-0.05, 0) is 25.0 Å². The van der Waals surface area contributed by atoms with Crippen LogP contribution in [0.25, 0.3) is 0 Å². The van der Waals surface area contributed by atoms with Crippen LogP contribution in [0.15, 0.2) is 18.2 Å². The first-order valence-electron chi connectivity index (χ1n) is 7.68. The summed E-state index contributed by atoms with van der Waals surface area (Å²) in [5.41, 5.74) is -0.0820. The summed E-state index contributed by atoms with van der Waals surface area (Å²) in [5.74, 6) is -2.61. The van der Waals surface area contributed by atoms with Crippen molar-refractivity contribution in [1.29, 1.82) is 0 Å². The van der Waals surface area contributed by atoms with Crippen molar-refractivity contribution in [2.45, 2.75) is 25.4 Å². The molecule has 2 saturated heterocycles. The van der Waals surface area contributed by atoms with Crippen molar-refractivity contribution in [3.05, 3.63) is 29.8 Å². The first-order chi connectivity index (χ1) is 11.0. The number of amides is 2. The highest BCUT2D eigenvalue weighted by Gasteiger charge is 2.36. The lowest BCUT2D eigenvalue weighted by Gasteiger charge is -2.20. The second-order valence-electron chi connectivity index (χ2n) is 5.95. The Hall–Kier alpha value is -2.02. The van der Waals surface area contributed by atoms with Gasteiger partial charge in [-0.15, -0.1) is 0 Å². The van der Waals surface area contributed by atoms with Crippen molar-refractivity contribution in [3.63, 3.8) is 0 Å². The van der Waals surface area contributed by atoms with Gasteiger partial charge in [0.15, 0.2) is 0 Å². The lowest BCUT2D eigenvalue weighted by Crippen LogP contribution is -2.34. The number of ether oxygens (including phenoxy) is 1. The first kappa shape index (κ1) is 15.9. The van der Waals surface area contributed by atoms with E-state index in [1.165, 1.54) is 6.07 Å². The Morgan fingerprint density at radius 1 is 1.39 bits per heavy atom. The van der Waals surface area contributed by atoms with E-state index in [0.29, 0.717) is 25.8 Å². The summed E-state index contributed by atoms with van der Waals surface area (Å²) in [6, 6.07) is 2.95. The molecule has 23 heavy (non-hydrogen) atoms. The Balaban J connectivity index is 1.58. The van der Waals surface area contributed by atoms with E-state index in [1.807, 2.05) is 0 Å². The molecule has 2 unspecified atom stereocenters. The number of hydrogen-bond donors (Lipinski definition) is 1. The standard InChI is InChI=1S/C16H18F2N2O3/c17-11-3-4-14(13(18)7-11)19-16(22)10-6-15(21)20(8-10)9-12-2-1-5-23-12/h3-4,7,10,12H,1-2,5-6,8-9H2,(H,19,22). The molecule has 0 radical (unpaired) electrons. The number of carbonyl (C=O) groups is 2. The molecule has 0 aromatic heterocycles. The van der Waals surface area contributed by atoms with Gasteiger partial charge in [-0.25, -0.2) is 8.78 Å². The second kappa shape index (κ2) is 6.62. The lowest BCUT2D eigenvalue weighted by molar-refractivity contribution is -0.129. The lowest BCUT2D eigenvalue weighted by atomic mass is 10.1. The molecule has 1 aromatic rings. The third kappa shape index (κ3) is 3.67. The fourth-order valence-electron chi connectivity index (χ4n) is 2.98. The van der Waals surface area contributed by atoms with Crippen LogP contribution in [0.3, 0.4) is 0 Å². The summed E-state index contributed by atoms with van der Waals surface area (Å²) in [5, 5.41) is 2.42. The summed E-state index contributed by atoms with van der Waals surface area (Å²) in [7, 11) is 0. The van der Waals surface area contributed by atoms with Gasteiger partial charge in [0, 0.05) is 32.2 Å². The molecular weight excluding hydrogens is 306 g/mol. The number of carbonyl (C=O) groups excluding carboxylic acids is 2. The molecule has 1 aromatic carbocycles. The topological polar surface area (TPSA) is 58.6 Å². The van der Waals surface area contributed by atoms with Crippen molar-refractivity contribution in [1.82, 2.24) is 4.90 Å². The third-order valence-electron chi connectivity index (χ3n) is 4.22. The fourth-order valence-corrected chi connectivity index (χ4v) is 2.98. The van der Waals surface area contributed by atoms with Gasteiger partial charge in [0.1, 0.15) is 11.6 Å². The number of nitrogens with zero attached hydrogens (tertiary/aromatic N) is 1. The Morgan fingerprint density at radius 2 is 2.22 bits per heavy atom. The summed E-state index contributed by atoms with van der Waals surface area (Å²) in [6.45, 7) is 1.50. The predicted molar refractivity (Wildman–Crippen MR) is 78.6 cm³/mol. The minimum atomic E-state index is -0.834. The molecule has 5 nitrogen and oxygen atoms in total. The Labute approximate surface area is 132 Å². The normalized spacial score (nSPS) is 24.3. The highest BCUT2D eigenvalue weighted by Crippen LogP contribution is 2.23. The fraction of sp³-hybridized carbons (Fsp3) is 0.500. The molecule has 2 heterocycles. The number of anilines is 1. The highest BCUT2D eigenvalue weighted by atomic mass is 19.1. The van der Waals surface area contributed by atoms with Crippen LogP contribution in [-0.4, -0.2) is 42.5 Å². The van der Waals surface area contributed by atoms with Gasteiger partial charge in [-0.1, -0.05) is 0 Å². The quantitative estimate of drug-likeness (QED) is 0.921. The van der Waals surface area contributed by atoms with Crippen LogP contribution in [0, 0.1) is 17.6 Å². The molecule has 2 amide bonds. The summed E-state index contributed by atoms with van der Waals surface area (Å²) in [4.78, 5) is 25.8. The van der Waals surface area contributed by atoms with Gasteiger partial charge in [0.05, 0.1) is 17.7 Å². The number of benzene rings is 1. The molecule has 0 aliphatic carbocycles. The predicted octanol–water partition coefficient (Wildman–Crippen LogP) is 1.93. The molecule has 2 atom stereocenters. The van der Waals surface area contributed by atoms with Gasteiger partial charge >= 0.3 is 0 Å². The molecule has 2 fully saturated rings. The number of likely N-dealkylation sites (tertiary alicyclic amines) is 1. The number of rotatable bonds is 4. The molecule has 7 heteroatoms. The van der Waals surface area contributed by atoms with Gasteiger partial charge < -0.3 is 15.0 Å².